The molecule has 2 aliphatic heterocycles. The quantitative estimate of drug-likeness (QED) is 0.0179. The van der Waals surface area contributed by atoms with Crippen molar-refractivity contribution in [3.05, 3.63) is 248 Å². The highest BCUT2D eigenvalue weighted by Gasteiger charge is 2.53. The maximum absolute atomic E-state index is 12.7. The van der Waals surface area contributed by atoms with Gasteiger partial charge in [-0.2, -0.15) is 10.4 Å². The molecule has 3 fully saturated rings. The van der Waals surface area contributed by atoms with Crippen LogP contribution in [-0.4, -0.2) is 133 Å². The minimum atomic E-state index is -1.15. The van der Waals surface area contributed by atoms with E-state index in [0.29, 0.717) is 77.3 Å². The SMILES string of the molecule is C/C(=C1\CCCC(=O)S1)N(C=O)Cc1cnc(C)nc1N.C=C1C=C2CCC3C(=C2CC1)C=C[C@]1(C)[C@@H](OC(C)=O)CC[C@H]31.CCCCNC(=O)[C@@H](O)C(C)(C)CO.Cc1c(NC(=O)c2cccnc2)c(=O)n(-c2ccccc2)n1C.Cc1cccc(N(C)C(=S)Oc2ccc3ccccc3c2)c1.N#CC[C@H](C1CCCC1)n1cc(-c2ncnc3c2CCN3)cn1. The van der Waals surface area contributed by atoms with Gasteiger partial charge >= 0.3 is 5.97 Å². The van der Waals surface area contributed by atoms with E-state index in [2.05, 4.69) is 121 Å². The second kappa shape index (κ2) is 44.2. The van der Waals surface area contributed by atoms with E-state index in [4.69, 9.17) is 32.5 Å². The molecular weight excluding hydrogens is 1630 g/mol. The molecule has 7 heterocycles. The molecule has 26 nitrogen and oxygen atoms in total. The number of hydrogen-bond donors (Lipinski definition) is 6. The number of pyridine rings is 1. The van der Waals surface area contributed by atoms with Crippen LogP contribution < -0.4 is 36.9 Å². The van der Waals surface area contributed by atoms with Gasteiger partial charge in [-0.05, 0) is 216 Å². The van der Waals surface area contributed by atoms with Gasteiger partial charge in [0.25, 0.3) is 16.6 Å². The van der Waals surface area contributed by atoms with Crippen molar-refractivity contribution in [1.29, 1.82) is 5.26 Å². The van der Waals surface area contributed by atoms with Gasteiger partial charge < -0.3 is 51.2 Å². The fourth-order valence-corrected chi connectivity index (χ4v) is 18.4. The zero-order chi connectivity index (χ0) is 90.4. The molecule has 1 unspecified atom stereocenters. The van der Waals surface area contributed by atoms with Gasteiger partial charge in [-0.1, -0.05) is 150 Å². The number of aryl methyl sites for hydroxylation is 2. The van der Waals surface area contributed by atoms with Crippen LogP contribution >= 0.6 is 24.0 Å². The second-order valence-corrected chi connectivity index (χ2v) is 35.3. The summed E-state index contributed by atoms with van der Waals surface area (Å²) in [7, 11) is 3.70. The number of ether oxygens (including phenoxy) is 2. The van der Waals surface area contributed by atoms with E-state index in [1.807, 2.05) is 109 Å². The highest BCUT2D eigenvalue weighted by atomic mass is 32.2. The number of aliphatic hydroxyl groups is 2. The van der Waals surface area contributed by atoms with Gasteiger partial charge in [0.1, 0.15) is 47.4 Å². The van der Waals surface area contributed by atoms with E-state index in [-0.39, 0.29) is 52.4 Å². The van der Waals surface area contributed by atoms with E-state index in [1.54, 1.807) is 86.3 Å². The minimum absolute atomic E-state index is 0.0138. The van der Waals surface area contributed by atoms with Crippen LogP contribution in [0.15, 0.2) is 209 Å². The van der Waals surface area contributed by atoms with Crippen molar-refractivity contribution in [1.82, 2.24) is 54.3 Å². The number of fused-ring (bicyclic) bond motifs is 6. The molecule has 3 amide bonds. The number of aromatic nitrogens is 9. The fraction of sp³-hybridized carbons (Fsp3) is 0.408. The summed E-state index contributed by atoms with van der Waals surface area (Å²) < 4.78 is 16.7. The molecule has 662 valence electrons. The Hall–Kier alpha value is -12.0. The van der Waals surface area contributed by atoms with Crippen LogP contribution in [0.3, 0.4) is 0 Å². The number of esters is 1. The van der Waals surface area contributed by atoms with Gasteiger partial charge in [0.15, 0.2) is 5.12 Å². The number of nitrogens with zero attached hydrogens (tertiary/aromatic N) is 12. The van der Waals surface area contributed by atoms with Gasteiger partial charge in [0.2, 0.25) is 12.3 Å². The Kier molecular flexibility index (Phi) is 33.2. The van der Waals surface area contributed by atoms with Crippen molar-refractivity contribution >= 4 is 92.2 Å². The topological polar surface area (TPSA) is 346 Å². The summed E-state index contributed by atoms with van der Waals surface area (Å²) in [4.78, 5) is 95.9. The van der Waals surface area contributed by atoms with Crippen LogP contribution in [0.25, 0.3) is 27.7 Å². The lowest BCUT2D eigenvalue weighted by atomic mass is 9.60. The number of nitriles is 1. The van der Waals surface area contributed by atoms with Crippen molar-refractivity contribution in [2.45, 2.75) is 196 Å². The number of amides is 3. The average molecular weight is 1740 g/mol. The Morgan fingerprint density at radius 2 is 1.66 bits per heavy atom. The number of benzene rings is 4. The van der Waals surface area contributed by atoms with Crippen molar-refractivity contribution in [3.8, 4) is 28.8 Å². The molecule has 5 aromatic heterocycles. The fourth-order valence-electron chi connectivity index (χ4n) is 17.1. The zero-order valence-electron chi connectivity index (χ0n) is 74.1. The number of aliphatic hydroxyl groups excluding tert-OH is 2. The third kappa shape index (κ3) is 23.7. The summed E-state index contributed by atoms with van der Waals surface area (Å²) in [5.41, 5.74) is 19.7. The van der Waals surface area contributed by atoms with Crippen LogP contribution in [0.4, 0.5) is 23.0 Å². The normalized spacial score (nSPS) is 18.6. The minimum Gasteiger partial charge on any atom is -0.462 e. The lowest BCUT2D eigenvalue weighted by Gasteiger charge is -2.45. The number of thiocarbonyl (C=S) groups is 1. The molecule has 2 saturated carbocycles. The molecule has 28 heteroatoms. The first kappa shape index (κ1) is 94.6. The van der Waals surface area contributed by atoms with Crippen molar-refractivity contribution in [3.63, 3.8) is 0 Å². The number of para-hydroxylation sites is 1. The molecule has 4 aromatic carbocycles. The summed E-state index contributed by atoms with van der Waals surface area (Å²) >= 11 is 6.64. The van der Waals surface area contributed by atoms with E-state index < -0.39 is 17.4 Å². The first-order valence-corrected chi connectivity index (χ1v) is 44.6. The smallest absolute Gasteiger partial charge is 0.302 e. The average Bonchev–Trinajstić information content (AvgIpc) is 1.54. The summed E-state index contributed by atoms with van der Waals surface area (Å²) in [6.07, 6.45) is 34.3. The number of nitrogens with one attached hydrogen (secondary N) is 3. The van der Waals surface area contributed by atoms with Crippen molar-refractivity contribution in [2.24, 2.45) is 35.6 Å². The molecule has 6 atom stereocenters. The highest BCUT2D eigenvalue weighted by Crippen LogP contribution is 2.58. The molecule has 0 radical (unpaired) electrons. The van der Waals surface area contributed by atoms with Gasteiger partial charge in [0, 0.05) is 109 Å². The van der Waals surface area contributed by atoms with E-state index in [9.17, 15) is 39.1 Å². The molecule has 9 aromatic rings. The number of unbranched alkanes of at least 4 members (excludes halogenated alkanes) is 1. The van der Waals surface area contributed by atoms with Crippen LogP contribution in [0.1, 0.15) is 189 Å². The number of nitrogens with two attached hydrogens (primary N) is 1. The summed E-state index contributed by atoms with van der Waals surface area (Å²) in [5.74, 6) is 3.58. The molecule has 7 aliphatic rings. The Morgan fingerprint density at radius 3 is 2.36 bits per heavy atom. The number of nitrogen functional groups attached to an aromatic ring is 1. The molecule has 0 bridgehead atoms. The Labute approximate surface area is 748 Å². The van der Waals surface area contributed by atoms with Crippen LogP contribution in [-0.2, 0) is 43.9 Å². The maximum Gasteiger partial charge on any atom is 0.302 e. The molecule has 0 spiro atoms. The zero-order valence-corrected chi connectivity index (χ0v) is 75.7. The predicted octanol–water partition coefficient (Wildman–Crippen LogP) is 17.2. The first-order valence-electron chi connectivity index (χ1n) is 43.4. The largest absolute Gasteiger partial charge is 0.462 e. The van der Waals surface area contributed by atoms with E-state index >= 15 is 0 Å². The highest BCUT2D eigenvalue weighted by molar-refractivity contribution is 8.17. The molecule has 126 heavy (non-hydrogen) atoms. The maximum atomic E-state index is 12.7. The van der Waals surface area contributed by atoms with Gasteiger partial charge in [-0.15, -0.1) is 0 Å². The van der Waals surface area contributed by atoms with Gasteiger partial charge in [-0.25, -0.2) is 24.6 Å². The Bertz CT molecular complexity index is 5630. The number of carbonyl (C=O) groups excluding carboxylic acids is 5. The van der Waals surface area contributed by atoms with Crippen LogP contribution in [0.5, 0.6) is 5.75 Å². The Morgan fingerprint density at radius 1 is 0.897 bits per heavy atom. The summed E-state index contributed by atoms with van der Waals surface area (Å²) in [6.45, 7) is 22.3. The third-order valence-electron chi connectivity index (χ3n) is 24.5. The van der Waals surface area contributed by atoms with Crippen LogP contribution in [0.2, 0.25) is 0 Å². The van der Waals surface area contributed by atoms with E-state index in [1.165, 1.54) is 102 Å². The Balaban J connectivity index is 0.000000148. The predicted molar refractivity (Wildman–Crippen MR) is 500 cm³/mol. The second-order valence-electron chi connectivity index (χ2n) is 33.8. The number of rotatable bonds is 20. The lowest BCUT2D eigenvalue weighted by Crippen LogP contribution is -2.45. The summed E-state index contributed by atoms with van der Waals surface area (Å²) in [5, 5.41) is 43.8. The molecule has 7 N–H and O–H groups in total. The molecule has 1 saturated heterocycles. The number of allylic oxidation sites excluding steroid dienone is 8. The van der Waals surface area contributed by atoms with Gasteiger partial charge in [0.05, 0.1) is 60.5 Å². The molecule has 16 rings (SSSR count). The number of thioether (sulfide) groups is 1. The number of carbonyl (C=O) groups is 5. The number of anilines is 4. The lowest BCUT2D eigenvalue weighted by molar-refractivity contribution is -0.150. The van der Waals surface area contributed by atoms with Crippen molar-refractivity contribution in [2.75, 3.05) is 48.0 Å². The monoisotopic (exact) mass is 1740 g/mol. The third-order valence-corrected chi connectivity index (χ3v) is 26.1. The van der Waals surface area contributed by atoms with Gasteiger partial charge in [-0.3, -0.25) is 43.1 Å². The molecular formula is C98H118N16O10S2. The van der Waals surface area contributed by atoms with Crippen molar-refractivity contribution < 1.29 is 43.7 Å². The summed E-state index contributed by atoms with van der Waals surface area (Å²) in [6, 6.07) is 37.5. The molecule has 5 aliphatic carbocycles. The first-order chi connectivity index (χ1) is 60.5. The van der Waals surface area contributed by atoms with E-state index in [0.717, 1.165) is 115 Å². The number of hydrogen-bond acceptors (Lipinski definition) is 21. The van der Waals surface area contributed by atoms with Crippen LogP contribution in [0, 0.1) is 60.7 Å². The standard InChI is InChI=1S/C21H26O2.C19H17NOS.C17H20N6.C17H16N4O2.C14H18N4O2S.C10H21NO3/c1-13-4-6-16-15(12-13)5-7-18-17(16)10-11-21(3)19(18)8-9-20(21)23-14(2)22;1-14-6-5-9-17(12-14)20(2)19(22)21-18-11-10-15-7-3-4-8-16(15)13-18;18-7-5-15(12-3-1-2-4-12)23-10-13(9-22-23)16-14-6-8-19-17(14)21-11-20-16;1-12-15(19-16(22)13-7-6-10-18-11-13)17(23)21(20(12)2)14-8-4-3-5-9-14;1-9(12-4-3-5-13(20)21-12)18(8-19)7-11-6-16-10(2)17-14(11)15;1-4-5-6-11-9(14)8(13)10(2,3)7-12/h10-12,18-20H,1,4-9H2,2-3H3;3-13H,1-2H3;9-12,15H,1-6,8H2,(H,19,20,21);3-11H,1-2H3,(H,19,22);6,8H,3-5,7H2,1-2H3,(H2,15,16,17);8,12-13H,4-7H2,1-3H3,(H,11,14)/b;;;;12-9-;/t18?,19-,20+,21+;;15-;;;8-/m1.1..1/s1.